The summed E-state index contributed by atoms with van der Waals surface area (Å²) in [5.41, 5.74) is 6.96. The van der Waals surface area contributed by atoms with Crippen LogP contribution < -0.4 is 10.6 Å². The SMILES string of the molecule is N#C[C@]1(C(N)=O)[C@@H]2C=Cc3ccccc3N2[C@H](C(=O)c2ccc(Cl)cc2)[C@@H]1c1cccnc1. The number of Topliss-reactive ketones (excluding diaryl/α,β-unsaturated/α-hetero) is 1. The fraction of sp³-hybridized carbons (Fsp3) is 0.154. The number of hydrogen-bond acceptors (Lipinski definition) is 5. The lowest BCUT2D eigenvalue weighted by Crippen LogP contribution is -2.49. The van der Waals surface area contributed by atoms with Gasteiger partial charge in [-0.1, -0.05) is 48.0 Å². The van der Waals surface area contributed by atoms with E-state index in [9.17, 15) is 14.9 Å². The maximum Gasteiger partial charge on any atom is 0.241 e. The highest BCUT2D eigenvalue weighted by Gasteiger charge is 2.65. The number of aromatic nitrogens is 1. The molecule has 5 rings (SSSR count). The van der Waals surface area contributed by atoms with Gasteiger partial charge in [-0.3, -0.25) is 14.6 Å². The topological polar surface area (TPSA) is 100 Å². The fourth-order valence-electron chi connectivity index (χ4n) is 5.15. The summed E-state index contributed by atoms with van der Waals surface area (Å²) in [6.07, 6.45) is 6.88. The summed E-state index contributed by atoms with van der Waals surface area (Å²) in [4.78, 5) is 33.2. The molecule has 0 spiro atoms. The molecule has 2 N–H and O–H groups in total. The molecule has 162 valence electrons. The highest BCUT2D eigenvalue weighted by molar-refractivity contribution is 6.30. The zero-order valence-electron chi connectivity index (χ0n) is 17.4. The van der Waals surface area contributed by atoms with Gasteiger partial charge in [0.2, 0.25) is 5.91 Å². The lowest BCUT2D eigenvalue weighted by Gasteiger charge is -2.36. The molecule has 1 aromatic heterocycles. The maximum atomic E-state index is 14.0. The standard InChI is InChI=1S/C26H19ClN4O2/c27-19-10-7-17(8-11-19)24(32)23-22(18-5-3-13-30-14-18)26(15-28,25(29)33)21-12-9-16-4-1-2-6-20(16)31(21)23/h1-14,21-23H,(H2,29,33)/t21-,22-,23-,26-/m0/s1. The van der Waals surface area contributed by atoms with Gasteiger partial charge in [0.05, 0.1) is 12.1 Å². The van der Waals surface area contributed by atoms with Crippen LogP contribution in [0.3, 0.4) is 0 Å². The number of pyridine rings is 1. The molecule has 2 aliphatic heterocycles. The van der Waals surface area contributed by atoms with E-state index in [0.717, 1.165) is 11.3 Å². The Morgan fingerprint density at radius 3 is 2.52 bits per heavy atom. The number of anilines is 1. The fourth-order valence-corrected chi connectivity index (χ4v) is 5.27. The normalized spacial score (nSPS) is 25.1. The van der Waals surface area contributed by atoms with Gasteiger partial charge < -0.3 is 10.6 Å². The Morgan fingerprint density at radius 2 is 1.85 bits per heavy atom. The second kappa shape index (κ2) is 7.88. The number of rotatable bonds is 4. The van der Waals surface area contributed by atoms with Crippen molar-refractivity contribution in [3.63, 3.8) is 0 Å². The number of fused-ring (bicyclic) bond motifs is 3. The highest BCUT2D eigenvalue weighted by atomic mass is 35.5. The monoisotopic (exact) mass is 454 g/mol. The summed E-state index contributed by atoms with van der Waals surface area (Å²) in [5.74, 6) is -1.84. The Hall–Kier alpha value is -3.95. The van der Waals surface area contributed by atoms with Gasteiger partial charge in [0.15, 0.2) is 11.2 Å². The van der Waals surface area contributed by atoms with Crippen molar-refractivity contribution in [2.45, 2.75) is 18.0 Å². The van der Waals surface area contributed by atoms with Gasteiger partial charge in [0.1, 0.15) is 6.04 Å². The molecule has 3 aromatic rings. The van der Waals surface area contributed by atoms with Crippen LogP contribution in [-0.2, 0) is 4.79 Å². The average Bonchev–Trinajstić information content (AvgIpc) is 3.16. The van der Waals surface area contributed by atoms with E-state index in [1.54, 1.807) is 54.9 Å². The number of nitrogens with zero attached hydrogens (tertiary/aromatic N) is 3. The first-order valence-electron chi connectivity index (χ1n) is 10.5. The van der Waals surface area contributed by atoms with Crippen LogP contribution in [0.15, 0.2) is 79.1 Å². The largest absolute Gasteiger partial charge is 0.368 e. The van der Waals surface area contributed by atoms with Crippen LogP contribution in [0.2, 0.25) is 5.02 Å². The van der Waals surface area contributed by atoms with Crippen LogP contribution >= 0.6 is 11.6 Å². The molecule has 0 aliphatic carbocycles. The van der Waals surface area contributed by atoms with Crippen molar-refractivity contribution in [1.82, 2.24) is 4.98 Å². The van der Waals surface area contributed by atoms with Gasteiger partial charge in [-0.25, -0.2) is 0 Å². The van der Waals surface area contributed by atoms with Crippen LogP contribution in [0.1, 0.15) is 27.4 Å². The number of amides is 1. The minimum atomic E-state index is -1.68. The third-order valence-electron chi connectivity index (χ3n) is 6.58. The Kier molecular flexibility index (Phi) is 4.99. The molecule has 0 unspecified atom stereocenters. The van der Waals surface area contributed by atoms with E-state index in [1.807, 2.05) is 35.2 Å². The van der Waals surface area contributed by atoms with E-state index >= 15 is 0 Å². The molecule has 4 atom stereocenters. The predicted molar refractivity (Wildman–Crippen MR) is 126 cm³/mol. The molecule has 7 heteroatoms. The van der Waals surface area contributed by atoms with E-state index in [0.29, 0.717) is 16.1 Å². The third kappa shape index (κ3) is 3.05. The molecule has 33 heavy (non-hydrogen) atoms. The number of benzene rings is 2. The van der Waals surface area contributed by atoms with Crippen LogP contribution in [0.4, 0.5) is 5.69 Å². The van der Waals surface area contributed by atoms with Crippen molar-refractivity contribution < 1.29 is 9.59 Å². The van der Waals surface area contributed by atoms with Crippen molar-refractivity contribution in [2.24, 2.45) is 11.1 Å². The lowest BCUT2D eigenvalue weighted by atomic mass is 9.68. The number of nitriles is 1. The van der Waals surface area contributed by atoms with Crippen LogP contribution in [-0.4, -0.2) is 28.8 Å². The van der Waals surface area contributed by atoms with Gasteiger partial charge in [-0.05, 0) is 47.5 Å². The third-order valence-corrected chi connectivity index (χ3v) is 6.83. The number of carbonyl (C=O) groups is 2. The van der Waals surface area contributed by atoms with Gasteiger partial charge in [0, 0.05) is 34.6 Å². The molecule has 0 bridgehead atoms. The molecule has 0 saturated carbocycles. The van der Waals surface area contributed by atoms with Crippen LogP contribution in [0, 0.1) is 16.7 Å². The van der Waals surface area contributed by atoms with Crippen LogP contribution in [0.5, 0.6) is 0 Å². The Morgan fingerprint density at radius 1 is 1.09 bits per heavy atom. The summed E-state index contributed by atoms with van der Waals surface area (Å²) in [6, 6.07) is 18.4. The molecule has 1 amide bonds. The van der Waals surface area contributed by atoms with Crippen molar-refractivity contribution in [2.75, 3.05) is 4.90 Å². The second-order valence-electron chi connectivity index (χ2n) is 8.20. The summed E-state index contributed by atoms with van der Waals surface area (Å²) in [6.45, 7) is 0. The molecule has 0 radical (unpaired) electrons. The molecule has 3 heterocycles. The Balaban J connectivity index is 1.80. The highest BCUT2D eigenvalue weighted by Crippen LogP contribution is 2.55. The van der Waals surface area contributed by atoms with Crippen LogP contribution in [0.25, 0.3) is 6.08 Å². The van der Waals surface area contributed by atoms with Gasteiger partial charge in [0.25, 0.3) is 0 Å². The minimum Gasteiger partial charge on any atom is -0.368 e. The first-order valence-corrected chi connectivity index (χ1v) is 10.8. The van der Waals surface area contributed by atoms with Gasteiger partial charge in [-0.2, -0.15) is 5.26 Å². The summed E-state index contributed by atoms with van der Waals surface area (Å²) < 4.78 is 0. The molecule has 1 saturated heterocycles. The summed E-state index contributed by atoms with van der Waals surface area (Å²) >= 11 is 6.04. The van der Waals surface area contributed by atoms with E-state index in [2.05, 4.69) is 11.1 Å². The number of carbonyl (C=O) groups excluding carboxylic acids is 2. The van der Waals surface area contributed by atoms with E-state index in [4.69, 9.17) is 17.3 Å². The van der Waals surface area contributed by atoms with Crippen molar-refractivity contribution in [3.05, 3.63) is 101 Å². The first kappa shape index (κ1) is 20.9. The Labute approximate surface area is 195 Å². The van der Waals surface area contributed by atoms with E-state index in [1.165, 1.54) is 0 Å². The number of ketones is 1. The second-order valence-corrected chi connectivity index (χ2v) is 8.63. The predicted octanol–water partition coefficient (Wildman–Crippen LogP) is 3.98. The molecule has 6 nitrogen and oxygen atoms in total. The summed E-state index contributed by atoms with van der Waals surface area (Å²) in [5, 5.41) is 11.0. The Bertz CT molecular complexity index is 1320. The van der Waals surface area contributed by atoms with Crippen molar-refractivity contribution in [1.29, 1.82) is 5.26 Å². The molecule has 2 aliphatic rings. The first-order chi connectivity index (χ1) is 16.0. The molecular weight excluding hydrogens is 436 g/mol. The number of nitrogens with two attached hydrogens (primary N) is 1. The number of para-hydroxylation sites is 1. The number of halogens is 1. The number of hydrogen-bond donors (Lipinski definition) is 1. The molecule has 2 aromatic carbocycles. The molecular formula is C26H19ClN4O2. The zero-order chi connectivity index (χ0) is 23.2. The summed E-state index contributed by atoms with van der Waals surface area (Å²) in [7, 11) is 0. The van der Waals surface area contributed by atoms with Gasteiger partial charge >= 0.3 is 0 Å². The van der Waals surface area contributed by atoms with Crippen molar-refractivity contribution in [3.8, 4) is 6.07 Å². The lowest BCUT2D eigenvalue weighted by molar-refractivity contribution is -0.125. The zero-order valence-corrected chi connectivity index (χ0v) is 18.2. The number of primary amides is 1. The average molecular weight is 455 g/mol. The maximum absolute atomic E-state index is 14.0. The quantitative estimate of drug-likeness (QED) is 0.601. The minimum absolute atomic E-state index is 0.228. The van der Waals surface area contributed by atoms with Crippen molar-refractivity contribution >= 4 is 35.1 Å². The molecule has 1 fully saturated rings. The smallest absolute Gasteiger partial charge is 0.241 e. The van der Waals surface area contributed by atoms with E-state index < -0.39 is 29.3 Å². The van der Waals surface area contributed by atoms with E-state index in [-0.39, 0.29) is 5.78 Å². The van der Waals surface area contributed by atoms with Gasteiger partial charge in [-0.15, -0.1) is 0 Å².